The van der Waals surface area contributed by atoms with Crippen molar-refractivity contribution < 1.29 is 9.18 Å². The van der Waals surface area contributed by atoms with Crippen LogP contribution in [-0.2, 0) is 17.8 Å². The summed E-state index contributed by atoms with van der Waals surface area (Å²) in [5.74, 6) is -0.584. The molecule has 3 nitrogen and oxygen atoms in total. The Morgan fingerprint density at radius 3 is 2.45 bits per heavy atom. The topological polar surface area (TPSA) is 55.1 Å². The number of rotatable bonds is 4. The summed E-state index contributed by atoms with van der Waals surface area (Å²) < 4.78 is 13.0. The molecule has 1 amide bonds. The van der Waals surface area contributed by atoms with Crippen LogP contribution >= 0.6 is 11.6 Å². The number of benzene rings is 2. The van der Waals surface area contributed by atoms with Gasteiger partial charge in [0.05, 0.1) is 11.4 Å². The van der Waals surface area contributed by atoms with Crippen molar-refractivity contribution in [2.45, 2.75) is 13.0 Å². The number of carbonyl (C=O) groups excluding carboxylic acids is 1. The lowest BCUT2D eigenvalue weighted by Crippen LogP contribution is -2.24. The van der Waals surface area contributed by atoms with E-state index in [9.17, 15) is 9.18 Å². The molecule has 2 rings (SSSR count). The van der Waals surface area contributed by atoms with Crippen molar-refractivity contribution in [1.29, 1.82) is 0 Å². The Labute approximate surface area is 121 Å². The van der Waals surface area contributed by atoms with Gasteiger partial charge >= 0.3 is 0 Å². The van der Waals surface area contributed by atoms with E-state index >= 15 is 0 Å². The van der Waals surface area contributed by atoms with Crippen LogP contribution in [0.15, 0.2) is 42.5 Å². The van der Waals surface area contributed by atoms with E-state index in [1.54, 1.807) is 18.2 Å². The largest absolute Gasteiger partial charge is 0.399 e. The monoisotopic (exact) mass is 292 g/mol. The lowest BCUT2D eigenvalue weighted by Gasteiger charge is -2.06. The molecule has 20 heavy (non-hydrogen) atoms. The Morgan fingerprint density at radius 2 is 1.80 bits per heavy atom. The normalized spacial score (nSPS) is 10.3. The van der Waals surface area contributed by atoms with Crippen LogP contribution in [0.25, 0.3) is 0 Å². The number of nitrogens with two attached hydrogens (primary N) is 1. The molecule has 0 aliphatic carbocycles. The summed E-state index contributed by atoms with van der Waals surface area (Å²) >= 11 is 5.67. The van der Waals surface area contributed by atoms with Crippen molar-refractivity contribution >= 4 is 23.2 Å². The summed E-state index contributed by atoms with van der Waals surface area (Å²) in [7, 11) is 0. The van der Waals surface area contributed by atoms with Crippen LogP contribution in [0.5, 0.6) is 0 Å². The third-order valence-corrected chi connectivity index (χ3v) is 3.11. The predicted molar refractivity (Wildman–Crippen MR) is 77.8 cm³/mol. The van der Waals surface area contributed by atoms with Crippen LogP contribution < -0.4 is 11.1 Å². The molecular formula is C15H14ClFN2O. The Hall–Kier alpha value is -2.07. The fourth-order valence-electron chi connectivity index (χ4n) is 1.73. The van der Waals surface area contributed by atoms with Gasteiger partial charge in [-0.2, -0.15) is 0 Å². The second-order valence-corrected chi connectivity index (χ2v) is 4.85. The maximum Gasteiger partial charge on any atom is 0.224 e. The molecule has 2 aromatic carbocycles. The lowest BCUT2D eigenvalue weighted by atomic mass is 10.1. The van der Waals surface area contributed by atoms with Gasteiger partial charge in [-0.15, -0.1) is 0 Å². The molecule has 0 atom stereocenters. The fraction of sp³-hybridized carbons (Fsp3) is 0.133. The number of nitrogen functional groups attached to an aromatic ring is 1. The first-order valence-electron chi connectivity index (χ1n) is 6.09. The average Bonchev–Trinajstić information content (AvgIpc) is 2.43. The van der Waals surface area contributed by atoms with Gasteiger partial charge < -0.3 is 11.1 Å². The maximum atomic E-state index is 13.0. The van der Waals surface area contributed by atoms with Crippen molar-refractivity contribution in [1.82, 2.24) is 5.32 Å². The highest BCUT2D eigenvalue weighted by atomic mass is 35.5. The Morgan fingerprint density at radius 1 is 1.15 bits per heavy atom. The van der Waals surface area contributed by atoms with Crippen LogP contribution in [0.2, 0.25) is 5.02 Å². The molecule has 2 aromatic rings. The SMILES string of the molecule is Nc1ccc(CC(=O)NCc2ccc(F)c(Cl)c2)cc1. The molecule has 0 radical (unpaired) electrons. The van der Waals surface area contributed by atoms with E-state index in [0.29, 0.717) is 12.2 Å². The minimum absolute atomic E-state index is 0.0512. The van der Waals surface area contributed by atoms with E-state index in [1.807, 2.05) is 12.1 Å². The number of nitrogens with one attached hydrogen (secondary N) is 1. The minimum Gasteiger partial charge on any atom is -0.399 e. The molecule has 0 fully saturated rings. The number of anilines is 1. The van der Waals surface area contributed by atoms with Crippen molar-refractivity contribution in [3.8, 4) is 0 Å². The van der Waals surface area contributed by atoms with Gasteiger partial charge in [0.1, 0.15) is 5.82 Å². The van der Waals surface area contributed by atoms with Crippen molar-refractivity contribution in [3.05, 3.63) is 64.4 Å². The first kappa shape index (κ1) is 14.3. The van der Waals surface area contributed by atoms with E-state index in [0.717, 1.165) is 11.1 Å². The molecular weight excluding hydrogens is 279 g/mol. The van der Waals surface area contributed by atoms with Gasteiger partial charge in [-0.1, -0.05) is 29.8 Å². The van der Waals surface area contributed by atoms with Crippen LogP contribution in [0.4, 0.5) is 10.1 Å². The minimum atomic E-state index is -0.469. The maximum absolute atomic E-state index is 13.0. The zero-order valence-electron chi connectivity index (χ0n) is 10.7. The van der Waals surface area contributed by atoms with Crippen LogP contribution in [-0.4, -0.2) is 5.91 Å². The Kier molecular flexibility index (Phi) is 4.58. The number of hydrogen-bond acceptors (Lipinski definition) is 2. The fourth-order valence-corrected chi connectivity index (χ4v) is 1.94. The summed E-state index contributed by atoms with van der Waals surface area (Å²) in [6, 6.07) is 11.5. The quantitative estimate of drug-likeness (QED) is 0.851. The first-order chi connectivity index (χ1) is 9.54. The summed E-state index contributed by atoms with van der Waals surface area (Å²) in [5.41, 5.74) is 7.87. The number of hydrogen-bond donors (Lipinski definition) is 2. The Bertz CT molecular complexity index is 614. The molecule has 3 N–H and O–H groups in total. The summed E-state index contributed by atoms with van der Waals surface area (Å²) in [4.78, 5) is 11.8. The van der Waals surface area contributed by atoms with Gasteiger partial charge in [-0.25, -0.2) is 4.39 Å². The Balaban J connectivity index is 1.88. The second-order valence-electron chi connectivity index (χ2n) is 4.44. The van der Waals surface area contributed by atoms with Crippen LogP contribution in [0, 0.1) is 5.82 Å². The molecule has 0 bridgehead atoms. The molecule has 0 saturated heterocycles. The highest BCUT2D eigenvalue weighted by molar-refractivity contribution is 6.30. The van der Waals surface area contributed by atoms with Crippen molar-refractivity contribution in [3.63, 3.8) is 0 Å². The summed E-state index contributed by atoms with van der Waals surface area (Å²) in [6.07, 6.45) is 0.273. The molecule has 0 aliphatic rings. The van der Waals surface area contributed by atoms with E-state index in [-0.39, 0.29) is 17.4 Å². The molecule has 104 valence electrons. The molecule has 0 aliphatic heterocycles. The summed E-state index contributed by atoms with van der Waals surface area (Å²) in [5, 5.41) is 2.81. The average molecular weight is 293 g/mol. The molecule has 5 heteroatoms. The predicted octanol–water partition coefficient (Wildman–Crippen LogP) is 2.92. The van der Waals surface area contributed by atoms with Gasteiger partial charge in [0.15, 0.2) is 0 Å². The highest BCUT2D eigenvalue weighted by Crippen LogP contribution is 2.15. The summed E-state index contributed by atoms with van der Waals surface area (Å²) in [6.45, 7) is 0.313. The van der Waals surface area contributed by atoms with E-state index in [1.165, 1.54) is 12.1 Å². The van der Waals surface area contributed by atoms with Gasteiger partial charge in [-0.3, -0.25) is 4.79 Å². The third kappa shape index (κ3) is 3.96. The lowest BCUT2D eigenvalue weighted by molar-refractivity contribution is -0.120. The smallest absolute Gasteiger partial charge is 0.224 e. The number of amides is 1. The molecule has 0 unspecified atom stereocenters. The third-order valence-electron chi connectivity index (χ3n) is 2.82. The second kappa shape index (κ2) is 6.39. The van der Waals surface area contributed by atoms with Gasteiger partial charge in [0, 0.05) is 12.2 Å². The molecule has 0 aromatic heterocycles. The van der Waals surface area contributed by atoms with Crippen molar-refractivity contribution in [2.24, 2.45) is 0 Å². The van der Waals surface area contributed by atoms with Gasteiger partial charge in [0.2, 0.25) is 5.91 Å². The number of carbonyl (C=O) groups is 1. The highest BCUT2D eigenvalue weighted by Gasteiger charge is 2.05. The standard InChI is InChI=1S/C15H14ClFN2O/c16-13-7-11(3-6-14(13)17)9-19-15(20)8-10-1-4-12(18)5-2-10/h1-7H,8-9,18H2,(H,19,20). The molecule has 0 spiro atoms. The molecule has 0 saturated carbocycles. The number of halogens is 2. The van der Waals surface area contributed by atoms with E-state index < -0.39 is 5.82 Å². The zero-order chi connectivity index (χ0) is 14.5. The van der Waals surface area contributed by atoms with Crippen molar-refractivity contribution in [2.75, 3.05) is 5.73 Å². The van der Waals surface area contributed by atoms with E-state index in [4.69, 9.17) is 17.3 Å². The van der Waals surface area contributed by atoms with Crippen LogP contribution in [0.3, 0.4) is 0 Å². The van der Waals surface area contributed by atoms with Gasteiger partial charge in [-0.05, 0) is 35.4 Å². The first-order valence-corrected chi connectivity index (χ1v) is 6.47. The zero-order valence-corrected chi connectivity index (χ0v) is 11.5. The van der Waals surface area contributed by atoms with Gasteiger partial charge in [0.25, 0.3) is 0 Å². The van der Waals surface area contributed by atoms with Crippen LogP contribution in [0.1, 0.15) is 11.1 Å². The molecule has 0 heterocycles. The van der Waals surface area contributed by atoms with E-state index in [2.05, 4.69) is 5.32 Å².